The van der Waals surface area contributed by atoms with Crippen LogP contribution in [-0.2, 0) is 4.79 Å². The number of rotatable bonds is 11. The van der Waals surface area contributed by atoms with Crippen LogP contribution in [0, 0.1) is 11.2 Å². The van der Waals surface area contributed by atoms with Gasteiger partial charge in [0.1, 0.15) is 19.3 Å². The number of carbonyl (C=O) groups excluding carboxylic acids is 2. The number of ether oxygens (including phenoxy) is 2. The lowest BCUT2D eigenvalue weighted by atomic mass is 9.98. The first-order chi connectivity index (χ1) is 20.4. The number of nitrogens with one attached hydrogen (secondary N) is 3. The van der Waals surface area contributed by atoms with E-state index in [0.29, 0.717) is 12.6 Å². The lowest BCUT2D eigenvalue weighted by molar-refractivity contribution is -0.118. The molecule has 2 aliphatic heterocycles. The van der Waals surface area contributed by atoms with Gasteiger partial charge < -0.3 is 35.5 Å². The zero-order valence-electron chi connectivity index (χ0n) is 23.1. The molecule has 42 heavy (non-hydrogen) atoms. The summed E-state index contributed by atoms with van der Waals surface area (Å²) in [6.07, 6.45) is 3.31. The SMILES string of the molecule is N=Cc1cc(-c2ccc(C(=O)C(=O)N[C@H](CN3CCC3)[C@H](O)c3cc(F)c4c(c3)OCCO4)cc2)ccc1NC1CC1. The van der Waals surface area contributed by atoms with Crippen molar-refractivity contribution in [2.45, 2.75) is 37.5 Å². The monoisotopic (exact) mass is 572 g/mol. The smallest absolute Gasteiger partial charge is 0.292 e. The molecular formula is C32H33FN4O5. The molecule has 1 saturated heterocycles. The van der Waals surface area contributed by atoms with E-state index in [1.165, 1.54) is 18.3 Å². The number of halogens is 1. The van der Waals surface area contributed by atoms with Crippen molar-refractivity contribution in [3.05, 3.63) is 77.1 Å². The average molecular weight is 573 g/mol. The second-order valence-electron chi connectivity index (χ2n) is 11.0. The Balaban J connectivity index is 1.16. The number of likely N-dealkylation sites (tertiary alicyclic amines) is 1. The summed E-state index contributed by atoms with van der Waals surface area (Å²) in [5.74, 6) is -2.05. The standard InChI is InChI=1S/C32H33FN4O5/c33-25-15-22(16-28-31(25)42-13-12-41-28)29(38)27(18-37-10-1-11-37)36-32(40)30(39)20-4-2-19(3-5-20)21-6-9-26(23(14-21)17-34)35-24-7-8-24/h2-6,9,14-17,24,27,29,34-35,38H,1,7-8,10-13,18H2,(H,36,40)/t27-,29-/m1/s1. The van der Waals surface area contributed by atoms with Crippen molar-refractivity contribution < 1.29 is 28.6 Å². The molecule has 0 aromatic heterocycles. The summed E-state index contributed by atoms with van der Waals surface area (Å²) in [7, 11) is 0. The fraction of sp³-hybridized carbons (Fsp3) is 0.344. The summed E-state index contributed by atoms with van der Waals surface area (Å²) in [6.45, 7) is 2.41. The highest BCUT2D eigenvalue weighted by Gasteiger charge is 2.31. The van der Waals surface area contributed by atoms with Gasteiger partial charge in [-0.25, -0.2) is 4.39 Å². The molecule has 2 atom stereocenters. The van der Waals surface area contributed by atoms with Crippen molar-refractivity contribution in [2.24, 2.45) is 0 Å². The predicted octanol–water partition coefficient (Wildman–Crippen LogP) is 3.94. The van der Waals surface area contributed by atoms with Gasteiger partial charge in [0, 0.05) is 35.6 Å². The number of amides is 1. The van der Waals surface area contributed by atoms with Gasteiger partial charge in [0.05, 0.1) is 6.04 Å². The van der Waals surface area contributed by atoms with E-state index in [-0.39, 0.29) is 35.8 Å². The first kappa shape index (κ1) is 27.9. The molecule has 4 N–H and O–H groups in total. The van der Waals surface area contributed by atoms with Crippen molar-refractivity contribution in [3.63, 3.8) is 0 Å². The van der Waals surface area contributed by atoms with E-state index in [1.807, 2.05) is 18.2 Å². The molecule has 1 aliphatic carbocycles. The minimum atomic E-state index is -1.28. The van der Waals surface area contributed by atoms with E-state index >= 15 is 0 Å². The maximum Gasteiger partial charge on any atom is 0.292 e. The maximum absolute atomic E-state index is 14.7. The largest absolute Gasteiger partial charge is 0.486 e. The van der Waals surface area contributed by atoms with E-state index in [9.17, 15) is 19.1 Å². The summed E-state index contributed by atoms with van der Waals surface area (Å²) < 4.78 is 25.5. The molecular weight excluding hydrogens is 539 g/mol. The topological polar surface area (TPSA) is 124 Å². The van der Waals surface area contributed by atoms with Crippen LogP contribution in [0.25, 0.3) is 11.1 Å². The number of benzene rings is 3. The Labute approximate surface area is 243 Å². The minimum Gasteiger partial charge on any atom is -0.486 e. The number of aliphatic hydroxyl groups is 1. The molecule has 2 fully saturated rings. The van der Waals surface area contributed by atoms with Crippen LogP contribution in [0.4, 0.5) is 10.1 Å². The highest BCUT2D eigenvalue weighted by Crippen LogP contribution is 2.36. The third kappa shape index (κ3) is 6.00. The molecule has 0 spiro atoms. The van der Waals surface area contributed by atoms with Crippen molar-refractivity contribution in [1.29, 1.82) is 5.41 Å². The number of fused-ring (bicyclic) bond motifs is 1. The van der Waals surface area contributed by atoms with Gasteiger partial charge in [-0.05, 0) is 73.3 Å². The van der Waals surface area contributed by atoms with E-state index in [4.69, 9.17) is 14.9 Å². The Morgan fingerprint density at radius 2 is 1.79 bits per heavy atom. The van der Waals surface area contributed by atoms with Crippen molar-refractivity contribution in [2.75, 3.05) is 38.2 Å². The molecule has 0 bridgehead atoms. The number of aliphatic hydroxyl groups excluding tert-OH is 1. The predicted molar refractivity (Wildman–Crippen MR) is 156 cm³/mol. The van der Waals surface area contributed by atoms with Crippen molar-refractivity contribution in [3.8, 4) is 22.6 Å². The summed E-state index contributed by atoms with van der Waals surface area (Å²) >= 11 is 0. The maximum atomic E-state index is 14.7. The van der Waals surface area contributed by atoms with Crippen molar-refractivity contribution in [1.82, 2.24) is 10.2 Å². The fourth-order valence-corrected chi connectivity index (χ4v) is 5.22. The molecule has 2 heterocycles. The summed E-state index contributed by atoms with van der Waals surface area (Å²) in [5, 5.41) is 25.1. The normalized spacial score (nSPS) is 17.5. The van der Waals surface area contributed by atoms with Crippen LogP contribution in [0.2, 0.25) is 0 Å². The van der Waals surface area contributed by atoms with E-state index < -0.39 is 29.7 Å². The fourth-order valence-electron chi connectivity index (χ4n) is 5.22. The number of hydrogen-bond donors (Lipinski definition) is 4. The van der Waals surface area contributed by atoms with Crippen LogP contribution in [0.3, 0.4) is 0 Å². The number of carbonyl (C=O) groups is 2. The van der Waals surface area contributed by atoms with E-state index in [0.717, 1.165) is 54.7 Å². The summed E-state index contributed by atoms with van der Waals surface area (Å²) in [6, 6.07) is 14.9. The molecule has 0 unspecified atom stereocenters. The van der Waals surface area contributed by atoms with E-state index in [1.54, 1.807) is 24.3 Å². The van der Waals surface area contributed by atoms with Crippen molar-refractivity contribution >= 4 is 23.6 Å². The Morgan fingerprint density at radius 3 is 2.48 bits per heavy atom. The Morgan fingerprint density at radius 1 is 1.05 bits per heavy atom. The lowest BCUT2D eigenvalue weighted by Gasteiger charge is -2.36. The highest BCUT2D eigenvalue weighted by molar-refractivity contribution is 6.42. The Bertz CT molecular complexity index is 1500. The third-order valence-electron chi connectivity index (χ3n) is 7.89. The first-order valence-electron chi connectivity index (χ1n) is 14.3. The van der Waals surface area contributed by atoms with Gasteiger partial charge in [0.25, 0.3) is 5.91 Å². The first-order valence-corrected chi connectivity index (χ1v) is 14.3. The molecule has 1 saturated carbocycles. The minimum absolute atomic E-state index is 0.000861. The molecule has 3 aromatic rings. The molecule has 3 aromatic carbocycles. The molecule has 9 nitrogen and oxygen atoms in total. The van der Waals surface area contributed by atoms with Crippen LogP contribution in [0.5, 0.6) is 11.5 Å². The highest BCUT2D eigenvalue weighted by atomic mass is 19.1. The second kappa shape index (κ2) is 11.9. The summed E-state index contributed by atoms with van der Waals surface area (Å²) in [4.78, 5) is 28.3. The molecule has 1 amide bonds. The molecule has 6 rings (SSSR count). The zero-order chi connectivity index (χ0) is 29.2. The molecule has 0 radical (unpaired) electrons. The lowest BCUT2D eigenvalue weighted by Crippen LogP contribution is -2.52. The van der Waals surface area contributed by atoms with Crippen LogP contribution in [-0.4, -0.2) is 72.8 Å². The average Bonchev–Trinajstić information content (AvgIpc) is 3.82. The van der Waals surface area contributed by atoms with Gasteiger partial charge in [0.15, 0.2) is 17.3 Å². The van der Waals surface area contributed by atoms with E-state index in [2.05, 4.69) is 15.5 Å². The molecule has 218 valence electrons. The van der Waals surface area contributed by atoms with Gasteiger partial charge in [-0.2, -0.15) is 0 Å². The number of anilines is 1. The van der Waals surface area contributed by atoms with Crippen LogP contribution in [0.1, 0.15) is 46.9 Å². The number of ketones is 1. The second-order valence-corrected chi connectivity index (χ2v) is 11.0. The van der Waals surface area contributed by atoms with Gasteiger partial charge in [-0.1, -0.05) is 30.3 Å². The molecule has 10 heteroatoms. The van der Waals surface area contributed by atoms with Gasteiger partial charge >= 0.3 is 0 Å². The van der Waals surface area contributed by atoms with Gasteiger partial charge in [0.2, 0.25) is 5.78 Å². The molecule has 3 aliphatic rings. The van der Waals surface area contributed by atoms with Gasteiger partial charge in [-0.3, -0.25) is 9.59 Å². The summed E-state index contributed by atoms with van der Waals surface area (Å²) in [5.41, 5.74) is 3.87. The number of hydrogen-bond acceptors (Lipinski definition) is 8. The zero-order valence-corrected chi connectivity index (χ0v) is 23.1. The quantitative estimate of drug-likeness (QED) is 0.156. The van der Waals surface area contributed by atoms with Crippen LogP contribution < -0.4 is 20.1 Å². The Kier molecular flexibility index (Phi) is 7.90. The Hall–Kier alpha value is -4.28. The van der Waals surface area contributed by atoms with Crippen LogP contribution >= 0.6 is 0 Å². The van der Waals surface area contributed by atoms with Gasteiger partial charge in [-0.15, -0.1) is 0 Å². The third-order valence-corrected chi connectivity index (χ3v) is 7.89. The van der Waals surface area contributed by atoms with Crippen LogP contribution in [0.15, 0.2) is 54.6 Å². The number of nitrogens with zero attached hydrogens (tertiary/aromatic N) is 1. The number of Topliss-reactive ketones (excluding diaryl/α,β-unsaturated/α-hetero) is 1.